The fourth-order valence-corrected chi connectivity index (χ4v) is 8.07. The van der Waals surface area contributed by atoms with Gasteiger partial charge >= 0.3 is 0 Å². The van der Waals surface area contributed by atoms with Gasteiger partial charge in [0.05, 0.1) is 5.41 Å². The maximum Gasteiger partial charge on any atom is 0.143 e. The number of benzene rings is 7. The maximum absolute atomic E-state index is 6.75. The Balaban J connectivity index is 1.26. The van der Waals surface area contributed by atoms with Gasteiger partial charge in [-0.1, -0.05) is 133 Å². The Morgan fingerprint density at radius 3 is 1.60 bits per heavy atom. The van der Waals surface area contributed by atoms with Crippen LogP contribution in [0, 0.1) is 0 Å². The van der Waals surface area contributed by atoms with Gasteiger partial charge in [-0.25, -0.2) is 0 Å². The summed E-state index contributed by atoms with van der Waals surface area (Å²) < 4.78 is 6.75. The second-order valence-electron chi connectivity index (χ2n) is 11.6. The number of para-hydroxylation sites is 1. The van der Waals surface area contributed by atoms with Crippen molar-refractivity contribution in [3.63, 3.8) is 0 Å². The lowest BCUT2D eigenvalue weighted by Gasteiger charge is -2.31. The summed E-state index contributed by atoms with van der Waals surface area (Å²) in [5, 5.41) is 2.39. The van der Waals surface area contributed by atoms with E-state index in [0.717, 1.165) is 22.6 Å². The van der Waals surface area contributed by atoms with Gasteiger partial charge in [-0.15, -0.1) is 0 Å². The summed E-state index contributed by atoms with van der Waals surface area (Å²) in [4.78, 5) is 0. The molecule has 1 nitrogen and oxygen atoms in total. The zero-order valence-electron chi connectivity index (χ0n) is 22.8. The standard InChI is InChI=1S/C41H24O/c1-4-18-34-28(12-1)29-13-2-5-19-35(29)41(34)36-20-6-3-14-30(36)31-23-22-26(24-37(31)41)27-15-9-17-33-32-16-7-10-25-11-8-21-38(39(25)32)42-40(27)33/h1-24H. The van der Waals surface area contributed by atoms with Crippen LogP contribution in [-0.2, 0) is 5.41 Å². The van der Waals surface area contributed by atoms with Crippen molar-refractivity contribution >= 4 is 10.8 Å². The van der Waals surface area contributed by atoms with E-state index in [2.05, 4.69) is 146 Å². The van der Waals surface area contributed by atoms with E-state index in [0.29, 0.717) is 0 Å². The second kappa shape index (κ2) is 7.87. The summed E-state index contributed by atoms with van der Waals surface area (Å²) in [5.74, 6) is 1.85. The fraction of sp³-hybridized carbons (Fsp3) is 0.0244. The third-order valence-corrected chi connectivity index (χ3v) is 9.69. The van der Waals surface area contributed by atoms with E-state index < -0.39 is 0 Å². The molecule has 1 aliphatic heterocycles. The van der Waals surface area contributed by atoms with Crippen molar-refractivity contribution in [1.82, 2.24) is 0 Å². The topological polar surface area (TPSA) is 9.23 Å². The normalized spacial score (nSPS) is 14.1. The number of ether oxygens (including phenoxy) is 1. The Hall–Kier alpha value is -5.40. The van der Waals surface area contributed by atoms with Crippen LogP contribution in [0.5, 0.6) is 11.5 Å². The van der Waals surface area contributed by atoms with E-state index in [1.807, 2.05) is 0 Å². The molecule has 0 radical (unpaired) electrons. The average Bonchev–Trinajstić information content (AvgIpc) is 3.52. The number of fused-ring (bicyclic) bond motifs is 12. The predicted molar refractivity (Wildman–Crippen MR) is 171 cm³/mol. The minimum absolute atomic E-state index is 0.358. The second-order valence-corrected chi connectivity index (χ2v) is 11.6. The molecule has 42 heavy (non-hydrogen) atoms. The van der Waals surface area contributed by atoms with Crippen LogP contribution in [0.4, 0.5) is 0 Å². The van der Waals surface area contributed by atoms with Crippen molar-refractivity contribution in [2.75, 3.05) is 0 Å². The molecular weight excluding hydrogens is 508 g/mol. The van der Waals surface area contributed by atoms with Crippen LogP contribution < -0.4 is 4.74 Å². The Labute approximate surface area is 244 Å². The van der Waals surface area contributed by atoms with Crippen molar-refractivity contribution in [2.24, 2.45) is 0 Å². The van der Waals surface area contributed by atoms with E-state index in [1.54, 1.807) is 0 Å². The molecule has 1 heterocycles. The molecular formula is C41H24O. The molecule has 0 aromatic heterocycles. The van der Waals surface area contributed by atoms with Gasteiger partial charge in [0.1, 0.15) is 11.5 Å². The van der Waals surface area contributed by atoms with Gasteiger partial charge in [0, 0.05) is 16.5 Å². The SMILES string of the molecule is c1ccc2c(c1)-c1ccccc1C21c2ccccc2-c2ccc(-c3cccc4c3Oc3cccc5cccc-4c35)cc21. The van der Waals surface area contributed by atoms with Crippen molar-refractivity contribution in [2.45, 2.75) is 5.41 Å². The van der Waals surface area contributed by atoms with Crippen molar-refractivity contribution in [3.05, 3.63) is 168 Å². The molecule has 0 atom stereocenters. The highest BCUT2D eigenvalue weighted by molar-refractivity contribution is 6.05. The lowest BCUT2D eigenvalue weighted by molar-refractivity contribution is 0.489. The van der Waals surface area contributed by atoms with Crippen LogP contribution in [0.25, 0.3) is 55.3 Å². The van der Waals surface area contributed by atoms with Crippen LogP contribution in [0.2, 0.25) is 0 Å². The summed E-state index contributed by atoms with van der Waals surface area (Å²) in [6.45, 7) is 0. The van der Waals surface area contributed by atoms with E-state index in [-0.39, 0.29) is 5.41 Å². The van der Waals surface area contributed by atoms with Crippen molar-refractivity contribution in [1.29, 1.82) is 0 Å². The van der Waals surface area contributed by atoms with Crippen LogP contribution in [0.3, 0.4) is 0 Å². The first-order chi connectivity index (χ1) is 20.8. The first-order valence-corrected chi connectivity index (χ1v) is 14.6. The monoisotopic (exact) mass is 532 g/mol. The van der Waals surface area contributed by atoms with Gasteiger partial charge in [0.25, 0.3) is 0 Å². The molecule has 0 bridgehead atoms. The minimum Gasteiger partial charge on any atom is -0.455 e. The van der Waals surface area contributed by atoms with Crippen LogP contribution in [0.15, 0.2) is 146 Å². The van der Waals surface area contributed by atoms with E-state index in [4.69, 9.17) is 4.74 Å². The zero-order chi connectivity index (χ0) is 27.4. The largest absolute Gasteiger partial charge is 0.455 e. The number of rotatable bonds is 1. The van der Waals surface area contributed by atoms with Gasteiger partial charge in [-0.3, -0.25) is 0 Å². The van der Waals surface area contributed by atoms with Gasteiger partial charge < -0.3 is 4.74 Å². The summed E-state index contributed by atoms with van der Waals surface area (Å²) in [5.41, 5.74) is 15.0. The highest BCUT2D eigenvalue weighted by Crippen LogP contribution is 2.63. The Morgan fingerprint density at radius 1 is 0.381 bits per heavy atom. The molecule has 1 spiro atoms. The maximum atomic E-state index is 6.75. The number of hydrogen-bond acceptors (Lipinski definition) is 1. The molecule has 7 aromatic rings. The Bertz CT molecular complexity index is 2220. The quantitative estimate of drug-likeness (QED) is 0.204. The third-order valence-electron chi connectivity index (χ3n) is 9.69. The average molecular weight is 533 g/mol. The lowest BCUT2D eigenvalue weighted by Crippen LogP contribution is -2.25. The molecule has 0 unspecified atom stereocenters. The first kappa shape index (κ1) is 22.3. The molecule has 2 aliphatic carbocycles. The van der Waals surface area contributed by atoms with Crippen LogP contribution in [-0.4, -0.2) is 0 Å². The summed E-state index contributed by atoms with van der Waals surface area (Å²) >= 11 is 0. The van der Waals surface area contributed by atoms with Gasteiger partial charge in [-0.05, 0) is 73.2 Å². The Kier molecular flexibility index (Phi) is 4.18. The third kappa shape index (κ3) is 2.60. The van der Waals surface area contributed by atoms with Crippen LogP contribution in [0.1, 0.15) is 22.3 Å². The molecule has 0 saturated heterocycles. The molecule has 194 valence electrons. The molecule has 7 aromatic carbocycles. The van der Waals surface area contributed by atoms with E-state index in [9.17, 15) is 0 Å². The number of hydrogen-bond donors (Lipinski definition) is 0. The fourth-order valence-electron chi connectivity index (χ4n) is 8.07. The van der Waals surface area contributed by atoms with Gasteiger partial charge in [0.15, 0.2) is 0 Å². The Morgan fingerprint density at radius 2 is 0.905 bits per heavy atom. The lowest BCUT2D eigenvalue weighted by atomic mass is 9.70. The molecule has 0 fully saturated rings. The first-order valence-electron chi connectivity index (χ1n) is 14.6. The van der Waals surface area contributed by atoms with Gasteiger partial charge in [-0.2, -0.15) is 0 Å². The van der Waals surface area contributed by atoms with Crippen molar-refractivity contribution in [3.8, 4) is 56.0 Å². The summed E-state index contributed by atoms with van der Waals surface area (Å²) in [7, 11) is 0. The van der Waals surface area contributed by atoms with E-state index in [1.165, 1.54) is 66.4 Å². The molecule has 10 rings (SSSR count). The van der Waals surface area contributed by atoms with Gasteiger partial charge in [0.2, 0.25) is 0 Å². The predicted octanol–water partition coefficient (Wildman–Crippen LogP) is 10.6. The van der Waals surface area contributed by atoms with Crippen molar-refractivity contribution < 1.29 is 4.74 Å². The van der Waals surface area contributed by atoms with Crippen LogP contribution >= 0.6 is 0 Å². The zero-order valence-corrected chi connectivity index (χ0v) is 22.8. The highest BCUT2D eigenvalue weighted by atomic mass is 16.5. The molecule has 0 saturated carbocycles. The minimum atomic E-state index is -0.358. The molecule has 3 aliphatic rings. The summed E-state index contributed by atoms with van der Waals surface area (Å²) in [6.07, 6.45) is 0. The summed E-state index contributed by atoms with van der Waals surface area (Å²) in [6, 6.07) is 53.4. The molecule has 0 amide bonds. The van der Waals surface area contributed by atoms with E-state index >= 15 is 0 Å². The smallest absolute Gasteiger partial charge is 0.143 e. The highest BCUT2D eigenvalue weighted by Gasteiger charge is 2.51. The molecule has 1 heteroatoms. The molecule has 0 N–H and O–H groups in total.